The third-order valence-corrected chi connectivity index (χ3v) is 5.89. The second-order valence-corrected chi connectivity index (χ2v) is 8.35. The van der Waals surface area contributed by atoms with Crippen molar-refractivity contribution in [3.63, 3.8) is 0 Å². The molecule has 1 heterocycles. The molecule has 1 amide bonds. The molecule has 6 heteroatoms. The molecule has 4 nitrogen and oxygen atoms in total. The van der Waals surface area contributed by atoms with Crippen LogP contribution in [0.25, 0.3) is 11.3 Å². The molecule has 0 aliphatic rings. The quantitative estimate of drug-likeness (QED) is 0.504. The fraction of sp³-hybridized carbons (Fsp3) is 0.273. The molecule has 1 aromatic heterocycles. The maximum absolute atomic E-state index is 12.1. The van der Waals surface area contributed by atoms with Crippen molar-refractivity contribution >= 4 is 29.0 Å². The number of hydrogen-bond donors (Lipinski definition) is 1. The molecule has 0 radical (unpaired) electrons. The summed E-state index contributed by atoms with van der Waals surface area (Å²) in [4.78, 5) is 17.6. The lowest BCUT2D eigenvalue weighted by atomic mass is 10.1. The fourth-order valence-electron chi connectivity index (χ4n) is 2.68. The van der Waals surface area contributed by atoms with Crippen LogP contribution in [0.3, 0.4) is 0 Å². The Hall–Kier alpha value is -2.31. The number of nitrogens with zero attached hydrogens (tertiary/aromatic N) is 1. The minimum atomic E-state index is 0.0495. The number of benzene rings is 2. The molecule has 1 N–H and O–H groups in total. The largest absolute Gasteiger partial charge is 0.494 e. The molecule has 0 aliphatic heterocycles. The van der Waals surface area contributed by atoms with Gasteiger partial charge in [-0.1, -0.05) is 24.3 Å². The Labute approximate surface area is 174 Å². The van der Waals surface area contributed by atoms with E-state index in [0.29, 0.717) is 18.9 Å². The second-order valence-electron chi connectivity index (χ2n) is 6.24. The number of carbonyl (C=O) groups excluding carboxylic acids is 1. The van der Waals surface area contributed by atoms with Gasteiger partial charge in [0.25, 0.3) is 0 Å². The maximum Gasteiger partial charge on any atom is 0.230 e. The Kier molecular flexibility index (Phi) is 7.51. The number of aryl methyl sites for hydroxylation is 1. The lowest BCUT2D eigenvalue weighted by Gasteiger charge is -2.07. The predicted molar refractivity (Wildman–Crippen MR) is 117 cm³/mol. The van der Waals surface area contributed by atoms with Crippen LogP contribution in [0.5, 0.6) is 5.75 Å². The molecule has 0 bridgehead atoms. The molecule has 0 spiro atoms. The molecule has 3 rings (SSSR count). The van der Waals surface area contributed by atoms with Gasteiger partial charge in [-0.15, -0.1) is 23.1 Å². The summed E-state index contributed by atoms with van der Waals surface area (Å²) in [6.45, 7) is 5.27. The summed E-state index contributed by atoms with van der Waals surface area (Å²) in [7, 11) is 0. The summed E-state index contributed by atoms with van der Waals surface area (Å²) in [5, 5.41) is 6.14. The van der Waals surface area contributed by atoms with Gasteiger partial charge in [-0.25, -0.2) is 4.98 Å². The van der Waals surface area contributed by atoms with Gasteiger partial charge in [-0.3, -0.25) is 4.79 Å². The molecule has 3 aromatic rings. The van der Waals surface area contributed by atoms with Crippen molar-refractivity contribution in [1.82, 2.24) is 10.3 Å². The van der Waals surface area contributed by atoms with Crippen molar-refractivity contribution in [2.75, 3.05) is 18.9 Å². The molecule has 0 saturated heterocycles. The van der Waals surface area contributed by atoms with Crippen molar-refractivity contribution < 1.29 is 9.53 Å². The lowest BCUT2D eigenvalue weighted by molar-refractivity contribution is -0.118. The van der Waals surface area contributed by atoms with Gasteiger partial charge in [0.15, 0.2) is 0 Å². The first-order valence-corrected chi connectivity index (χ1v) is 11.1. The highest BCUT2D eigenvalue weighted by Crippen LogP contribution is 2.22. The smallest absolute Gasteiger partial charge is 0.230 e. The second kappa shape index (κ2) is 10.3. The Morgan fingerprint density at radius 2 is 1.89 bits per heavy atom. The van der Waals surface area contributed by atoms with Crippen LogP contribution in [-0.4, -0.2) is 29.8 Å². The fourth-order valence-corrected chi connectivity index (χ4v) is 4.03. The Balaban J connectivity index is 1.39. The van der Waals surface area contributed by atoms with E-state index in [4.69, 9.17) is 4.74 Å². The Bertz CT molecular complexity index is 890. The summed E-state index contributed by atoms with van der Waals surface area (Å²) in [5.74, 6) is 1.32. The van der Waals surface area contributed by atoms with Gasteiger partial charge < -0.3 is 10.1 Å². The molecular weight excluding hydrogens is 388 g/mol. The standard InChI is InChI=1S/C22H24N2O2S2/c1-3-26-19-8-10-20(11-9-19)28-15-22(25)23-13-12-17-4-6-18(7-5-17)21-14-27-16(2)24-21/h4-11,14H,3,12-13,15H2,1-2H3,(H,23,25). The SMILES string of the molecule is CCOc1ccc(SCC(=O)NCCc2ccc(-c3csc(C)n3)cc2)cc1. The van der Waals surface area contributed by atoms with Gasteiger partial charge in [-0.2, -0.15) is 0 Å². The van der Waals surface area contributed by atoms with E-state index in [-0.39, 0.29) is 5.91 Å². The van der Waals surface area contributed by atoms with Crippen LogP contribution in [-0.2, 0) is 11.2 Å². The van der Waals surface area contributed by atoms with Gasteiger partial charge in [0.2, 0.25) is 5.91 Å². The minimum Gasteiger partial charge on any atom is -0.494 e. The number of thioether (sulfide) groups is 1. The van der Waals surface area contributed by atoms with Crippen molar-refractivity contribution in [3.8, 4) is 17.0 Å². The van der Waals surface area contributed by atoms with Crippen molar-refractivity contribution in [2.45, 2.75) is 25.2 Å². The van der Waals surface area contributed by atoms with Crippen LogP contribution in [0.4, 0.5) is 0 Å². The average Bonchev–Trinajstić information content (AvgIpc) is 3.14. The molecule has 146 valence electrons. The van der Waals surface area contributed by atoms with Crippen LogP contribution >= 0.6 is 23.1 Å². The third-order valence-electron chi connectivity index (χ3n) is 4.11. The summed E-state index contributed by atoms with van der Waals surface area (Å²) >= 11 is 3.19. The van der Waals surface area contributed by atoms with Crippen molar-refractivity contribution in [3.05, 3.63) is 64.5 Å². The Morgan fingerprint density at radius 1 is 1.14 bits per heavy atom. The normalized spacial score (nSPS) is 10.6. The van der Waals surface area contributed by atoms with E-state index >= 15 is 0 Å². The first-order chi connectivity index (χ1) is 13.6. The first kappa shape index (κ1) is 20.4. The highest BCUT2D eigenvalue weighted by atomic mass is 32.2. The number of thiazole rings is 1. The minimum absolute atomic E-state index is 0.0495. The topological polar surface area (TPSA) is 51.2 Å². The highest BCUT2D eigenvalue weighted by Gasteiger charge is 2.05. The van der Waals surface area contributed by atoms with Gasteiger partial charge in [0.05, 0.1) is 23.1 Å². The van der Waals surface area contributed by atoms with Crippen molar-refractivity contribution in [1.29, 1.82) is 0 Å². The van der Waals surface area contributed by atoms with Gasteiger partial charge in [-0.05, 0) is 50.1 Å². The number of carbonyl (C=O) groups is 1. The molecule has 0 aliphatic carbocycles. The number of aromatic nitrogens is 1. The van der Waals surface area contributed by atoms with E-state index in [0.717, 1.165) is 33.3 Å². The van der Waals surface area contributed by atoms with Gasteiger partial charge in [0.1, 0.15) is 5.75 Å². The predicted octanol–water partition coefficient (Wildman–Crippen LogP) is 4.97. The number of ether oxygens (including phenoxy) is 1. The third kappa shape index (κ3) is 6.11. The zero-order chi connectivity index (χ0) is 19.8. The molecule has 2 aromatic carbocycles. The van der Waals surface area contributed by atoms with Crippen LogP contribution in [0.2, 0.25) is 0 Å². The lowest BCUT2D eigenvalue weighted by Crippen LogP contribution is -2.27. The monoisotopic (exact) mass is 412 g/mol. The zero-order valence-corrected chi connectivity index (χ0v) is 17.7. The van der Waals surface area contributed by atoms with Crippen LogP contribution < -0.4 is 10.1 Å². The van der Waals surface area contributed by atoms with E-state index in [1.165, 1.54) is 17.3 Å². The molecular formula is C22H24N2O2S2. The summed E-state index contributed by atoms with van der Waals surface area (Å²) in [6.07, 6.45) is 0.815. The number of rotatable bonds is 9. The maximum atomic E-state index is 12.1. The number of hydrogen-bond acceptors (Lipinski definition) is 5. The molecule has 0 saturated carbocycles. The van der Waals surface area contributed by atoms with Crippen LogP contribution in [0.1, 0.15) is 17.5 Å². The van der Waals surface area contributed by atoms with E-state index < -0.39 is 0 Å². The molecule has 0 atom stereocenters. The van der Waals surface area contributed by atoms with E-state index in [1.54, 1.807) is 11.3 Å². The van der Waals surface area contributed by atoms with Crippen LogP contribution in [0.15, 0.2) is 58.8 Å². The Morgan fingerprint density at radius 3 is 2.54 bits per heavy atom. The summed E-state index contributed by atoms with van der Waals surface area (Å²) in [5.41, 5.74) is 3.35. The number of amides is 1. The summed E-state index contributed by atoms with van der Waals surface area (Å²) in [6, 6.07) is 16.2. The van der Waals surface area contributed by atoms with Crippen LogP contribution in [0, 0.1) is 6.92 Å². The molecule has 28 heavy (non-hydrogen) atoms. The zero-order valence-electron chi connectivity index (χ0n) is 16.1. The molecule has 0 unspecified atom stereocenters. The van der Waals surface area contributed by atoms with E-state index in [2.05, 4.69) is 39.9 Å². The first-order valence-electron chi connectivity index (χ1n) is 9.28. The van der Waals surface area contributed by atoms with E-state index in [9.17, 15) is 4.79 Å². The molecule has 0 fully saturated rings. The summed E-state index contributed by atoms with van der Waals surface area (Å²) < 4.78 is 5.42. The van der Waals surface area contributed by atoms with Gasteiger partial charge in [0, 0.05) is 22.4 Å². The van der Waals surface area contributed by atoms with Gasteiger partial charge >= 0.3 is 0 Å². The average molecular weight is 413 g/mol. The highest BCUT2D eigenvalue weighted by molar-refractivity contribution is 8.00. The number of nitrogens with one attached hydrogen (secondary N) is 1. The van der Waals surface area contributed by atoms with Crippen molar-refractivity contribution in [2.24, 2.45) is 0 Å². The van der Waals surface area contributed by atoms with E-state index in [1.807, 2.05) is 38.1 Å².